The number of methoxy groups -OCH3 is 2. The van der Waals surface area contributed by atoms with Crippen molar-refractivity contribution < 1.29 is 40.4 Å². The molecule has 5 nitrogen and oxygen atoms in total. The molecule has 0 bridgehead atoms. The molecule has 0 saturated carbocycles. The number of hydrogen-bond acceptors (Lipinski definition) is 4. The first kappa shape index (κ1) is 22.1. The van der Waals surface area contributed by atoms with Gasteiger partial charge in [-0.25, -0.2) is 0 Å². The summed E-state index contributed by atoms with van der Waals surface area (Å²) in [5.41, 5.74) is 6.88. The molecule has 3 aliphatic rings. The van der Waals surface area contributed by atoms with Gasteiger partial charge in [-0.1, -0.05) is 30.3 Å². The molecule has 3 heterocycles. The van der Waals surface area contributed by atoms with Crippen LogP contribution in [0.3, 0.4) is 0 Å². The molecule has 3 aliphatic heterocycles. The molecular weight excluding hydrogens is 482 g/mol. The minimum Gasteiger partial charge on any atom is -1.00 e. The lowest BCUT2D eigenvalue weighted by Gasteiger charge is -2.51. The van der Waals surface area contributed by atoms with Crippen LogP contribution in [0.5, 0.6) is 23.0 Å². The van der Waals surface area contributed by atoms with E-state index in [-0.39, 0.29) is 17.0 Å². The van der Waals surface area contributed by atoms with Gasteiger partial charge in [0.1, 0.15) is 19.1 Å². The van der Waals surface area contributed by atoms with Crippen LogP contribution in [-0.4, -0.2) is 32.0 Å². The minimum atomic E-state index is 0. The maximum absolute atomic E-state index is 5.77. The van der Waals surface area contributed by atoms with Crippen LogP contribution in [0.2, 0.25) is 0 Å². The fraction of sp³-hybridized carbons (Fsp3) is 0.333. The van der Waals surface area contributed by atoms with Gasteiger partial charge in [-0.15, -0.1) is 0 Å². The summed E-state index contributed by atoms with van der Waals surface area (Å²) in [6.45, 7) is 3.39. The van der Waals surface area contributed by atoms with E-state index >= 15 is 0 Å². The number of hydrogen-bond donors (Lipinski definition) is 0. The minimum absolute atomic E-state index is 0. The molecule has 3 aromatic rings. The molecule has 0 fully saturated rings. The first-order valence-electron chi connectivity index (χ1n) is 11.2. The molecule has 0 aliphatic carbocycles. The summed E-state index contributed by atoms with van der Waals surface area (Å²) in [5.74, 6) is 3.37. The van der Waals surface area contributed by atoms with Crippen molar-refractivity contribution in [3.05, 3.63) is 82.4 Å². The number of nitrogens with zero attached hydrogens (tertiary/aromatic N) is 1. The molecule has 2 atom stereocenters. The molecule has 0 spiro atoms. The largest absolute Gasteiger partial charge is 1.00 e. The van der Waals surface area contributed by atoms with Gasteiger partial charge in [-0.05, 0) is 35.4 Å². The molecule has 0 aromatic heterocycles. The smallest absolute Gasteiger partial charge is 0.231 e. The van der Waals surface area contributed by atoms with Crippen LogP contribution < -0.4 is 35.9 Å². The lowest BCUT2D eigenvalue weighted by molar-refractivity contribution is -0.985. The maximum Gasteiger partial charge on any atom is 0.231 e. The predicted octanol–water partition coefficient (Wildman–Crippen LogP) is 1.81. The summed E-state index contributed by atoms with van der Waals surface area (Å²) in [6, 6.07) is 20.1. The second kappa shape index (κ2) is 8.58. The van der Waals surface area contributed by atoms with E-state index in [0.29, 0.717) is 12.8 Å². The van der Waals surface area contributed by atoms with Gasteiger partial charge < -0.3 is 40.4 Å². The van der Waals surface area contributed by atoms with Crippen LogP contribution in [0.15, 0.2) is 54.6 Å². The first-order chi connectivity index (χ1) is 15.7. The summed E-state index contributed by atoms with van der Waals surface area (Å²) in [6.07, 6.45) is 2.01. The highest BCUT2D eigenvalue weighted by molar-refractivity contribution is 5.52. The van der Waals surface area contributed by atoms with E-state index in [1.807, 2.05) is 0 Å². The van der Waals surface area contributed by atoms with Crippen LogP contribution in [0, 0.1) is 0 Å². The lowest BCUT2D eigenvalue weighted by Crippen LogP contribution is -3.00. The van der Waals surface area contributed by atoms with Crippen molar-refractivity contribution in [2.45, 2.75) is 32.0 Å². The Morgan fingerprint density at radius 1 is 0.879 bits per heavy atom. The number of fused-ring (bicyclic) bond motifs is 5. The summed E-state index contributed by atoms with van der Waals surface area (Å²) >= 11 is 0. The van der Waals surface area contributed by atoms with Crippen molar-refractivity contribution in [2.24, 2.45) is 0 Å². The van der Waals surface area contributed by atoms with Gasteiger partial charge >= 0.3 is 0 Å². The van der Waals surface area contributed by atoms with Gasteiger partial charge in [0.2, 0.25) is 6.79 Å². The molecule has 0 radical (unpaired) electrons. The Bertz CT molecular complexity index is 1180. The maximum atomic E-state index is 5.77. The van der Waals surface area contributed by atoms with Crippen LogP contribution in [0.4, 0.5) is 0 Å². The number of benzene rings is 3. The van der Waals surface area contributed by atoms with E-state index in [0.717, 1.165) is 60.0 Å². The van der Waals surface area contributed by atoms with Crippen molar-refractivity contribution in [1.82, 2.24) is 0 Å². The van der Waals surface area contributed by atoms with E-state index in [2.05, 4.69) is 54.6 Å². The molecule has 6 rings (SSSR count). The Labute approximate surface area is 205 Å². The van der Waals surface area contributed by atoms with Crippen molar-refractivity contribution in [3.63, 3.8) is 0 Å². The zero-order valence-electron chi connectivity index (χ0n) is 19.0. The molecular formula is C27H28BrNO4. The zero-order valence-corrected chi connectivity index (χ0v) is 20.6. The van der Waals surface area contributed by atoms with E-state index in [4.69, 9.17) is 18.9 Å². The Kier molecular flexibility index (Phi) is 5.75. The highest BCUT2D eigenvalue weighted by Crippen LogP contribution is 2.50. The Morgan fingerprint density at radius 2 is 1.58 bits per heavy atom. The first-order valence-corrected chi connectivity index (χ1v) is 11.2. The van der Waals surface area contributed by atoms with E-state index in [1.54, 1.807) is 14.2 Å². The van der Waals surface area contributed by atoms with Gasteiger partial charge in [0.05, 0.1) is 20.8 Å². The third-order valence-corrected chi connectivity index (χ3v) is 7.43. The fourth-order valence-corrected chi connectivity index (χ4v) is 5.85. The van der Waals surface area contributed by atoms with E-state index in [1.165, 1.54) is 27.8 Å². The van der Waals surface area contributed by atoms with Crippen molar-refractivity contribution >= 4 is 0 Å². The number of halogens is 1. The van der Waals surface area contributed by atoms with Crippen molar-refractivity contribution in [3.8, 4) is 23.0 Å². The molecule has 6 heteroatoms. The summed E-state index contributed by atoms with van der Waals surface area (Å²) in [5, 5.41) is 0. The quantitative estimate of drug-likeness (QED) is 0.502. The summed E-state index contributed by atoms with van der Waals surface area (Å²) in [4.78, 5) is 0. The second-order valence-electron chi connectivity index (χ2n) is 9.09. The molecule has 172 valence electrons. The average molecular weight is 510 g/mol. The summed E-state index contributed by atoms with van der Waals surface area (Å²) < 4.78 is 23.7. The highest BCUT2D eigenvalue weighted by atomic mass is 79.9. The Hall–Kier alpha value is -2.70. The summed E-state index contributed by atoms with van der Waals surface area (Å²) in [7, 11) is 3.42. The average Bonchev–Trinajstić information content (AvgIpc) is 3.29. The zero-order chi connectivity index (χ0) is 21.7. The predicted molar refractivity (Wildman–Crippen MR) is 121 cm³/mol. The van der Waals surface area contributed by atoms with E-state index in [9.17, 15) is 0 Å². The Morgan fingerprint density at radius 3 is 2.30 bits per heavy atom. The van der Waals surface area contributed by atoms with Crippen molar-refractivity contribution in [2.75, 3.05) is 27.6 Å². The molecule has 2 unspecified atom stereocenters. The van der Waals surface area contributed by atoms with Crippen LogP contribution in [0.1, 0.15) is 33.9 Å². The monoisotopic (exact) mass is 509 g/mol. The van der Waals surface area contributed by atoms with Gasteiger partial charge in [0.25, 0.3) is 0 Å². The van der Waals surface area contributed by atoms with Gasteiger partial charge in [-0.3, -0.25) is 0 Å². The molecule has 3 aromatic carbocycles. The van der Waals surface area contributed by atoms with E-state index < -0.39 is 0 Å². The standard InChI is InChI=1S/C27H28NO4.BrH/c1-29-24-12-20-10-23-22-14-27-26(31-17-32-27)11-19(22)8-9-28(23,15-18-6-4-3-5-7-18)16-21(20)13-25(24)30-2;/h3-7,11-14,23H,8-10,15-17H2,1-2H3;1H/q+1;/p-1. The van der Waals surface area contributed by atoms with Gasteiger partial charge in [0.15, 0.2) is 23.0 Å². The number of quaternary nitrogens is 1. The topological polar surface area (TPSA) is 36.9 Å². The van der Waals surface area contributed by atoms with Gasteiger partial charge in [0, 0.05) is 29.5 Å². The molecule has 33 heavy (non-hydrogen) atoms. The SMILES string of the molecule is COc1cc2c(cc1OC)C[N+]1(Cc3ccccc3)CCc3cc4c(cc3C1C2)OCO4.[Br-]. The molecule has 0 saturated heterocycles. The third kappa shape index (κ3) is 3.65. The Balaban J connectivity index is 0.00000228. The number of ether oxygens (including phenoxy) is 4. The molecule has 0 amide bonds. The van der Waals surface area contributed by atoms with Gasteiger partial charge in [-0.2, -0.15) is 0 Å². The number of rotatable bonds is 4. The second-order valence-corrected chi connectivity index (χ2v) is 9.09. The van der Waals surface area contributed by atoms with Crippen LogP contribution in [-0.2, 0) is 25.9 Å². The van der Waals surface area contributed by atoms with Crippen molar-refractivity contribution in [1.29, 1.82) is 0 Å². The fourth-order valence-electron chi connectivity index (χ4n) is 5.85. The van der Waals surface area contributed by atoms with Crippen LogP contribution in [0.25, 0.3) is 0 Å². The lowest BCUT2D eigenvalue weighted by atomic mass is 9.80. The van der Waals surface area contributed by atoms with Crippen LogP contribution >= 0.6 is 0 Å². The molecule has 0 N–H and O–H groups in total. The highest BCUT2D eigenvalue weighted by Gasteiger charge is 2.47. The third-order valence-electron chi connectivity index (χ3n) is 7.43. The normalized spacial score (nSPS) is 21.8.